The first-order chi connectivity index (χ1) is 16.2. The summed E-state index contributed by atoms with van der Waals surface area (Å²) in [5.74, 6) is 0.455. The van der Waals surface area contributed by atoms with Crippen molar-refractivity contribution in [2.45, 2.75) is 6.04 Å². The van der Waals surface area contributed by atoms with Gasteiger partial charge in [0.25, 0.3) is 5.91 Å². The van der Waals surface area contributed by atoms with Crippen LogP contribution in [0.3, 0.4) is 0 Å². The normalized spacial score (nSPS) is 14.5. The number of carbonyl (C=O) groups is 1. The molecule has 5 rings (SSSR count). The summed E-state index contributed by atoms with van der Waals surface area (Å²) in [6.45, 7) is 2.83. The third-order valence-electron chi connectivity index (χ3n) is 6.06. The van der Waals surface area contributed by atoms with Crippen molar-refractivity contribution < 1.29 is 9.32 Å². The van der Waals surface area contributed by atoms with Crippen LogP contribution < -0.4 is 0 Å². The van der Waals surface area contributed by atoms with Crippen molar-refractivity contribution in [3.05, 3.63) is 113 Å². The molecular formula is C27H24ClN3O2. The molecule has 0 saturated carbocycles. The molecule has 4 aromatic rings. The van der Waals surface area contributed by atoms with Gasteiger partial charge < -0.3 is 9.42 Å². The summed E-state index contributed by atoms with van der Waals surface area (Å²) in [4.78, 5) is 17.4. The summed E-state index contributed by atoms with van der Waals surface area (Å²) >= 11 is 5.96. The Bertz CT molecular complexity index is 1160. The van der Waals surface area contributed by atoms with Crippen molar-refractivity contribution in [1.29, 1.82) is 0 Å². The van der Waals surface area contributed by atoms with E-state index >= 15 is 0 Å². The topological polar surface area (TPSA) is 49.6 Å². The van der Waals surface area contributed by atoms with Crippen LogP contribution in [0.4, 0.5) is 0 Å². The standard InChI is InChI=1S/C27H24ClN3O2/c28-23-13-11-20(12-14-23)25-19-24(29-33-25)27(32)31-17-15-30(16-18-31)26(21-7-3-1-4-8-21)22-9-5-2-6-10-22/h1-14,19,26H,15-18H2. The van der Waals surface area contributed by atoms with Gasteiger partial charge in [-0.25, -0.2) is 0 Å². The summed E-state index contributed by atoms with van der Waals surface area (Å²) < 4.78 is 5.43. The maximum atomic E-state index is 13.1. The third kappa shape index (κ3) is 4.70. The van der Waals surface area contributed by atoms with E-state index < -0.39 is 0 Å². The molecule has 1 amide bonds. The second-order valence-electron chi connectivity index (χ2n) is 8.14. The van der Waals surface area contributed by atoms with E-state index in [0.29, 0.717) is 29.6 Å². The SMILES string of the molecule is O=C(c1cc(-c2ccc(Cl)cc2)on1)N1CCN(C(c2ccccc2)c2ccccc2)CC1. The fourth-order valence-electron chi connectivity index (χ4n) is 4.36. The van der Waals surface area contributed by atoms with Crippen LogP contribution in [0.5, 0.6) is 0 Å². The minimum Gasteiger partial charge on any atom is -0.355 e. The van der Waals surface area contributed by atoms with Crippen LogP contribution in [0.25, 0.3) is 11.3 Å². The van der Waals surface area contributed by atoms with Gasteiger partial charge in [-0.05, 0) is 35.4 Å². The molecule has 2 heterocycles. The maximum Gasteiger partial charge on any atom is 0.276 e. The highest BCUT2D eigenvalue weighted by molar-refractivity contribution is 6.30. The Morgan fingerprint density at radius 1 is 0.818 bits per heavy atom. The highest BCUT2D eigenvalue weighted by Crippen LogP contribution is 2.30. The molecule has 0 aliphatic carbocycles. The third-order valence-corrected chi connectivity index (χ3v) is 6.31. The average molecular weight is 458 g/mol. The van der Waals surface area contributed by atoms with Gasteiger partial charge in [-0.15, -0.1) is 0 Å². The number of piperazine rings is 1. The zero-order valence-corrected chi connectivity index (χ0v) is 18.9. The molecule has 0 spiro atoms. The molecule has 3 aromatic carbocycles. The number of hydrogen-bond donors (Lipinski definition) is 0. The first-order valence-electron chi connectivity index (χ1n) is 11.0. The molecule has 0 atom stereocenters. The number of aromatic nitrogens is 1. The Morgan fingerprint density at radius 3 is 1.97 bits per heavy atom. The van der Waals surface area contributed by atoms with Crippen LogP contribution in [0.15, 0.2) is 95.5 Å². The molecule has 1 saturated heterocycles. The summed E-state index contributed by atoms with van der Waals surface area (Å²) in [5, 5.41) is 4.68. The van der Waals surface area contributed by atoms with Gasteiger partial charge in [0.05, 0.1) is 6.04 Å². The molecule has 0 bridgehead atoms. The lowest BCUT2D eigenvalue weighted by atomic mass is 9.96. The molecule has 5 nitrogen and oxygen atoms in total. The number of benzene rings is 3. The summed E-state index contributed by atoms with van der Waals surface area (Å²) in [5.41, 5.74) is 3.68. The van der Waals surface area contributed by atoms with Crippen molar-refractivity contribution in [2.75, 3.05) is 26.2 Å². The van der Waals surface area contributed by atoms with Crippen LogP contribution in [0.2, 0.25) is 5.02 Å². The van der Waals surface area contributed by atoms with Crippen molar-refractivity contribution in [1.82, 2.24) is 15.0 Å². The van der Waals surface area contributed by atoms with Gasteiger partial charge in [-0.2, -0.15) is 0 Å². The minimum atomic E-state index is -0.102. The lowest BCUT2D eigenvalue weighted by Gasteiger charge is -2.39. The van der Waals surface area contributed by atoms with E-state index in [4.69, 9.17) is 16.1 Å². The van der Waals surface area contributed by atoms with Crippen LogP contribution >= 0.6 is 11.6 Å². The molecule has 0 N–H and O–H groups in total. The highest BCUT2D eigenvalue weighted by Gasteiger charge is 2.29. The zero-order valence-electron chi connectivity index (χ0n) is 18.1. The second kappa shape index (κ2) is 9.61. The predicted octanol–water partition coefficient (Wildman–Crippen LogP) is 5.54. The Hall–Kier alpha value is -3.41. The van der Waals surface area contributed by atoms with E-state index in [1.54, 1.807) is 18.2 Å². The molecule has 1 fully saturated rings. The molecule has 33 heavy (non-hydrogen) atoms. The van der Waals surface area contributed by atoms with E-state index in [1.807, 2.05) is 29.2 Å². The van der Waals surface area contributed by atoms with Crippen molar-refractivity contribution in [3.63, 3.8) is 0 Å². The van der Waals surface area contributed by atoms with E-state index in [0.717, 1.165) is 18.7 Å². The van der Waals surface area contributed by atoms with Gasteiger partial charge in [0, 0.05) is 42.8 Å². The predicted molar refractivity (Wildman–Crippen MR) is 129 cm³/mol. The summed E-state index contributed by atoms with van der Waals surface area (Å²) in [6.07, 6.45) is 0. The van der Waals surface area contributed by atoms with Crippen LogP contribution in [0, 0.1) is 0 Å². The number of hydrogen-bond acceptors (Lipinski definition) is 4. The molecule has 166 valence electrons. The monoisotopic (exact) mass is 457 g/mol. The highest BCUT2D eigenvalue weighted by atomic mass is 35.5. The fourth-order valence-corrected chi connectivity index (χ4v) is 4.48. The largest absolute Gasteiger partial charge is 0.355 e. The Labute approximate surface area is 198 Å². The molecule has 1 aliphatic rings. The van der Waals surface area contributed by atoms with Gasteiger partial charge >= 0.3 is 0 Å². The van der Waals surface area contributed by atoms with Crippen molar-refractivity contribution >= 4 is 17.5 Å². The minimum absolute atomic E-state index is 0.102. The lowest BCUT2D eigenvalue weighted by molar-refractivity contribution is 0.0588. The first kappa shape index (κ1) is 21.4. The Morgan fingerprint density at radius 2 is 1.39 bits per heavy atom. The number of carbonyl (C=O) groups excluding carboxylic acids is 1. The van der Waals surface area contributed by atoms with Gasteiger partial charge in [0.2, 0.25) is 0 Å². The smallest absolute Gasteiger partial charge is 0.276 e. The van der Waals surface area contributed by atoms with E-state index in [-0.39, 0.29) is 11.9 Å². The van der Waals surface area contributed by atoms with E-state index in [9.17, 15) is 4.79 Å². The number of amides is 1. The molecule has 1 aliphatic heterocycles. The van der Waals surface area contributed by atoms with Crippen LogP contribution in [-0.4, -0.2) is 47.0 Å². The van der Waals surface area contributed by atoms with E-state index in [1.165, 1.54) is 11.1 Å². The quantitative estimate of drug-likeness (QED) is 0.394. The second-order valence-corrected chi connectivity index (χ2v) is 8.57. The number of halogens is 1. The molecule has 0 unspecified atom stereocenters. The Balaban J connectivity index is 1.29. The number of nitrogens with zero attached hydrogens (tertiary/aromatic N) is 3. The van der Waals surface area contributed by atoms with Gasteiger partial charge in [-0.3, -0.25) is 9.69 Å². The van der Waals surface area contributed by atoms with Gasteiger partial charge in [-0.1, -0.05) is 77.4 Å². The van der Waals surface area contributed by atoms with Crippen LogP contribution in [0.1, 0.15) is 27.7 Å². The maximum absolute atomic E-state index is 13.1. The molecule has 6 heteroatoms. The fraction of sp³-hybridized carbons (Fsp3) is 0.185. The lowest BCUT2D eigenvalue weighted by Crippen LogP contribution is -2.50. The summed E-state index contributed by atoms with van der Waals surface area (Å²) in [6, 6.07) is 30.2. The number of rotatable bonds is 5. The zero-order chi connectivity index (χ0) is 22.6. The molecule has 1 aromatic heterocycles. The summed E-state index contributed by atoms with van der Waals surface area (Å²) in [7, 11) is 0. The van der Waals surface area contributed by atoms with E-state index in [2.05, 4.69) is 58.6 Å². The van der Waals surface area contributed by atoms with Gasteiger partial charge in [0.15, 0.2) is 11.5 Å². The first-order valence-corrected chi connectivity index (χ1v) is 11.4. The van der Waals surface area contributed by atoms with Crippen molar-refractivity contribution in [3.8, 4) is 11.3 Å². The van der Waals surface area contributed by atoms with Crippen LogP contribution in [-0.2, 0) is 0 Å². The average Bonchev–Trinajstić information content (AvgIpc) is 3.36. The molecule has 0 radical (unpaired) electrons. The molecular weight excluding hydrogens is 434 g/mol. The Kier molecular flexibility index (Phi) is 6.24. The van der Waals surface area contributed by atoms with Crippen molar-refractivity contribution in [2.24, 2.45) is 0 Å². The van der Waals surface area contributed by atoms with Gasteiger partial charge in [0.1, 0.15) is 0 Å².